The topological polar surface area (TPSA) is 170 Å². The molecule has 4 N–H and O–H groups in total. The van der Waals surface area contributed by atoms with Gasteiger partial charge >= 0.3 is 35.5 Å². The van der Waals surface area contributed by atoms with Gasteiger partial charge < -0.3 is 15.0 Å². The van der Waals surface area contributed by atoms with E-state index in [4.69, 9.17) is 25.0 Å². The van der Waals surface area contributed by atoms with Gasteiger partial charge in [0.25, 0.3) is 10.1 Å². The average Bonchev–Trinajstić information content (AvgIpc) is 2.27. The molecule has 0 amide bonds. The molecule has 11 heteroatoms. The van der Waals surface area contributed by atoms with Crippen molar-refractivity contribution >= 4 is 28.1 Å². The van der Waals surface area contributed by atoms with E-state index >= 15 is 0 Å². The van der Waals surface area contributed by atoms with Crippen molar-refractivity contribution in [1.82, 2.24) is 0 Å². The second kappa shape index (κ2) is 8.59. The molecule has 0 spiro atoms. The fourth-order valence-electron chi connectivity index (χ4n) is 1.08. The predicted octanol–water partition coefficient (Wildman–Crippen LogP) is -2.97. The quantitative estimate of drug-likeness (QED) is 0.151. The van der Waals surface area contributed by atoms with Gasteiger partial charge in [-0.25, -0.2) is 23.4 Å². The average molecular weight is 311 g/mol. The van der Waals surface area contributed by atoms with Crippen molar-refractivity contribution in [2.45, 2.75) is 4.90 Å². The Morgan fingerprint density at radius 3 is 2.00 bits per heavy atom. The van der Waals surface area contributed by atoms with Crippen LogP contribution in [0.4, 0.5) is 0 Å². The summed E-state index contributed by atoms with van der Waals surface area (Å²) in [4.78, 5) is 28.5. The predicted molar refractivity (Wildman–Crippen MR) is 57.4 cm³/mol. The number of rotatable bonds is 3. The van der Waals surface area contributed by atoms with Crippen LogP contribution in [0, 0.1) is 11.5 Å². The van der Waals surface area contributed by atoms with Crippen molar-refractivity contribution in [1.29, 1.82) is 5.41 Å². The zero-order valence-electron chi connectivity index (χ0n) is 9.95. The van der Waals surface area contributed by atoms with Gasteiger partial charge in [0, 0.05) is 4.90 Å². The van der Waals surface area contributed by atoms with Crippen LogP contribution in [-0.2, 0) is 14.9 Å². The molecule has 0 bridgehead atoms. The third-order valence-electron chi connectivity index (χ3n) is 1.65. The summed E-state index contributed by atoms with van der Waals surface area (Å²) < 4.78 is 30.6. The van der Waals surface area contributed by atoms with E-state index in [1.807, 2.05) is 6.07 Å². The minimum Gasteiger partial charge on any atom is -0.521 e. The third-order valence-corrected chi connectivity index (χ3v) is 2.59. The standard InChI is InChI=1S/C8H5O7S.CHNO.Na/c9-7(10)4-2-1-3-5(8(11)12)6(4)16(13,14)15;2-1-3;/h1-2H,(H,9,10)(H,11,12)(H,13,14,15);2H;/q-1;;+1. The monoisotopic (exact) mass is 311 g/mol. The van der Waals surface area contributed by atoms with Crippen molar-refractivity contribution in [2.24, 2.45) is 0 Å². The minimum atomic E-state index is -4.95. The van der Waals surface area contributed by atoms with Crippen molar-refractivity contribution < 1.29 is 67.1 Å². The van der Waals surface area contributed by atoms with Gasteiger partial charge in [-0.1, -0.05) is 0 Å². The molecule has 102 valence electrons. The molecular weight excluding hydrogens is 305 g/mol. The van der Waals surface area contributed by atoms with Crippen LogP contribution >= 0.6 is 0 Å². The van der Waals surface area contributed by atoms with Crippen molar-refractivity contribution in [3.05, 3.63) is 29.3 Å². The molecule has 20 heavy (non-hydrogen) atoms. The second-order valence-electron chi connectivity index (χ2n) is 2.78. The summed E-state index contributed by atoms with van der Waals surface area (Å²) in [5.41, 5.74) is -1.74. The van der Waals surface area contributed by atoms with E-state index in [0.717, 1.165) is 18.2 Å². The van der Waals surface area contributed by atoms with Crippen LogP contribution < -0.4 is 29.6 Å². The SMILES string of the molecule is N=C=O.O=C(O)c1[c-]ccc(C(=O)O)c1S(=O)(=O)O.[Na+]. The van der Waals surface area contributed by atoms with Gasteiger partial charge in [-0.2, -0.15) is 0 Å². The molecule has 0 aliphatic rings. The van der Waals surface area contributed by atoms with Gasteiger partial charge in [0.05, 0.1) is 0 Å². The van der Waals surface area contributed by atoms with Crippen LogP contribution in [-0.4, -0.2) is 41.2 Å². The number of carboxylic acid groups (broad SMARTS) is 2. The Balaban J connectivity index is 0. The van der Waals surface area contributed by atoms with Crippen LogP contribution in [0.1, 0.15) is 20.7 Å². The summed E-state index contributed by atoms with van der Waals surface area (Å²) in [6.07, 6.45) is 0.750. The molecule has 0 aliphatic heterocycles. The van der Waals surface area contributed by atoms with Crippen LogP contribution in [0.25, 0.3) is 0 Å². The van der Waals surface area contributed by atoms with Gasteiger partial charge in [0.1, 0.15) is 0 Å². The molecule has 0 saturated carbocycles. The Hall–Kier alpha value is -1.55. The molecular formula is C9H6NNaO8S. The zero-order chi connectivity index (χ0) is 15.2. The molecule has 0 radical (unpaired) electrons. The summed E-state index contributed by atoms with van der Waals surface area (Å²) in [5.74, 6) is -3.36. The molecule has 9 nitrogen and oxygen atoms in total. The fraction of sp³-hybridized carbons (Fsp3) is 0. The van der Waals surface area contributed by atoms with Crippen LogP contribution in [0.15, 0.2) is 17.0 Å². The molecule has 0 atom stereocenters. The number of carbonyl (C=O) groups is 2. The Kier molecular flexibility index (Phi) is 8.91. The van der Waals surface area contributed by atoms with Gasteiger partial charge in [0.15, 0.2) is 0 Å². The summed E-state index contributed by atoms with van der Waals surface area (Å²) >= 11 is 0. The van der Waals surface area contributed by atoms with E-state index in [1.54, 1.807) is 0 Å². The van der Waals surface area contributed by atoms with Crippen molar-refractivity contribution in [2.75, 3.05) is 0 Å². The maximum Gasteiger partial charge on any atom is 1.00 e. The summed E-state index contributed by atoms with van der Waals surface area (Å²) in [5, 5.41) is 22.7. The van der Waals surface area contributed by atoms with E-state index < -0.39 is 38.1 Å². The molecule has 0 fully saturated rings. The summed E-state index contributed by atoms with van der Waals surface area (Å²) in [7, 11) is -4.95. The Morgan fingerprint density at radius 2 is 1.70 bits per heavy atom. The number of isocyanates is 1. The first kappa shape index (κ1) is 20.8. The molecule has 0 aliphatic carbocycles. The maximum atomic E-state index is 10.9. The smallest absolute Gasteiger partial charge is 0.521 e. The van der Waals surface area contributed by atoms with E-state index in [0.29, 0.717) is 0 Å². The number of carboxylic acids is 2. The van der Waals surface area contributed by atoms with Crippen LogP contribution in [0.5, 0.6) is 0 Å². The summed E-state index contributed by atoms with van der Waals surface area (Å²) in [6.45, 7) is 0. The zero-order valence-corrected chi connectivity index (χ0v) is 12.8. The molecule has 0 heterocycles. The first-order valence-electron chi connectivity index (χ1n) is 4.19. The van der Waals surface area contributed by atoms with Gasteiger partial charge in [-0.15, -0.1) is 18.2 Å². The molecule has 1 aromatic rings. The third kappa shape index (κ3) is 5.61. The van der Waals surface area contributed by atoms with Crippen LogP contribution in [0.3, 0.4) is 0 Å². The van der Waals surface area contributed by atoms with Crippen molar-refractivity contribution in [3.8, 4) is 0 Å². The first-order chi connectivity index (χ1) is 8.66. The number of nitrogens with one attached hydrogen (secondary N) is 1. The number of hydrogen-bond acceptors (Lipinski definition) is 6. The maximum absolute atomic E-state index is 10.9. The second-order valence-corrected chi connectivity index (χ2v) is 4.14. The summed E-state index contributed by atoms with van der Waals surface area (Å²) in [6, 6.07) is 3.81. The number of carbonyl (C=O) groups excluding carboxylic acids is 1. The molecule has 0 saturated heterocycles. The number of benzene rings is 1. The van der Waals surface area contributed by atoms with E-state index in [-0.39, 0.29) is 29.6 Å². The van der Waals surface area contributed by atoms with Gasteiger partial charge in [-0.3, -0.25) is 4.55 Å². The normalized spacial score (nSPS) is 9.25. The Morgan fingerprint density at radius 1 is 1.25 bits per heavy atom. The van der Waals surface area contributed by atoms with E-state index in [9.17, 15) is 18.0 Å². The van der Waals surface area contributed by atoms with Crippen LogP contribution in [0.2, 0.25) is 0 Å². The molecule has 1 aromatic carbocycles. The Labute approximate surface area is 134 Å². The van der Waals surface area contributed by atoms with Gasteiger partial charge in [0.2, 0.25) is 12.0 Å². The van der Waals surface area contributed by atoms with Gasteiger partial charge in [-0.05, 0) is 11.1 Å². The number of aromatic carboxylic acids is 2. The fourth-order valence-corrected chi connectivity index (χ4v) is 1.92. The largest absolute Gasteiger partial charge is 1.00 e. The first-order valence-corrected chi connectivity index (χ1v) is 5.63. The van der Waals surface area contributed by atoms with E-state index in [2.05, 4.69) is 0 Å². The number of hydrogen-bond donors (Lipinski definition) is 4. The Bertz CT molecular complexity index is 616. The molecule has 1 rings (SSSR count). The molecule has 0 unspecified atom stereocenters. The minimum absolute atomic E-state index is 0. The van der Waals surface area contributed by atoms with Crippen molar-refractivity contribution in [3.63, 3.8) is 0 Å². The van der Waals surface area contributed by atoms with E-state index in [1.165, 1.54) is 0 Å². The molecule has 0 aromatic heterocycles.